The van der Waals surface area contributed by atoms with Crippen molar-refractivity contribution in [2.45, 2.75) is 11.8 Å². The van der Waals surface area contributed by atoms with Gasteiger partial charge in [-0.05, 0) is 42.5 Å². The van der Waals surface area contributed by atoms with Crippen LogP contribution in [-0.4, -0.2) is 58.6 Å². The first-order chi connectivity index (χ1) is 14.7. The van der Waals surface area contributed by atoms with E-state index in [1.54, 1.807) is 18.2 Å². The molecule has 0 saturated heterocycles. The average molecular weight is 449 g/mol. The Morgan fingerprint density at radius 2 is 1.77 bits per heavy atom. The number of methoxy groups -OCH3 is 2. The summed E-state index contributed by atoms with van der Waals surface area (Å²) in [7, 11) is 0.401. The molecule has 0 bridgehead atoms. The first kappa shape index (κ1) is 23.8. The van der Waals surface area contributed by atoms with Gasteiger partial charge in [0.1, 0.15) is 11.5 Å². The van der Waals surface area contributed by atoms with Gasteiger partial charge in [0.05, 0.1) is 31.9 Å². The number of sulfonamides is 1. The normalized spacial score (nSPS) is 11.4. The molecule has 31 heavy (non-hydrogen) atoms. The summed E-state index contributed by atoms with van der Waals surface area (Å²) in [6.45, 7) is 0.909. The number of ether oxygens (including phenoxy) is 2. The number of nitrogens with zero attached hydrogens (tertiary/aromatic N) is 2. The Balaban J connectivity index is 2.01. The molecule has 166 valence electrons. The molecule has 2 N–H and O–H groups in total. The fraction of sp³-hybridized carbons (Fsp3) is 0.250. The van der Waals surface area contributed by atoms with Gasteiger partial charge >= 0.3 is 0 Å². The van der Waals surface area contributed by atoms with Crippen molar-refractivity contribution in [2.24, 2.45) is 5.10 Å². The highest BCUT2D eigenvalue weighted by Gasteiger charge is 2.22. The van der Waals surface area contributed by atoms with Crippen LogP contribution in [-0.2, 0) is 19.6 Å². The van der Waals surface area contributed by atoms with Crippen molar-refractivity contribution in [3.8, 4) is 11.5 Å². The first-order valence-corrected chi connectivity index (χ1v) is 10.5. The van der Waals surface area contributed by atoms with E-state index in [0.717, 1.165) is 4.31 Å². The van der Waals surface area contributed by atoms with Gasteiger partial charge in [-0.15, -0.1) is 0 Å². The summed E-state index contributed by atoms with van der Waals surface area (Å²) in [4.78, 5) is 23.2. The Hall–Kier alpha value is -3.44. The van der Waals surface area contributed by atoms with Gasteiger partial charge in [0, 0.05) is 25.2 Å². The van der Waals surface area contributed by atoms with Crippen LogP contribution in [0.5, 0.6) is 11.5 Å². The molecule has 2 aromatic rings. The van der Waals surface area contributed by atoms with E-state index in [2.05, 4.69) is 15.8 Å². The number of carbonyl (C=O) groups excluding carboxylic acids is 2. The van der Waals surface area contributed by atoms with E-state index in [1.165, 1.54) is 58.7 Å². The Kier molecular flexibility index (Phi) is 8.11. The summed E-state index contributed by atoms with van der Waals surface area (Å²) in [5.41, 5.74) is 3.32. The van der Waals surface area contributed by atoms with Crippen LogP contribution in [0.2, 0.25) is 0 Å². The predicted octanol–water partition coefficient (Wildman–Crippen LogP) is 1.43. The van der Waals surface area contributed by atoms with Crippen molar-refractivity contribution in [3.05, 3.63) is 48.0 Å². The molecule has 0 heterocycles. The monoisotopic (exact) mass is 448 g/mol. The average Bonchev–Trinajstić information content (AvgIpc) is 2.73. The van der Waals surface area contributed by atoms with Crippen molar-refractivity contribution >= 4 is 33.7 Å². The molecule has 0 saturated carbocycles. The second-order valence-corrected chi connectivity index (χ2v) is 8.41. The Morgan fingerprint density at radius 3 is 2.35 bits per heavy atom. The first-order valence-electron chi connectivity index (χ1n) is 9.05. The third-order valence-electron chi connectivity index (χ3n) is 4.08. The molecule has 0 aliphatic heterocycles. The molecule has 2 amide bonds. The molecule has 0 fully saturated rings. The number of benzene rings is 2. The fourth-order valence-corrected chi connectivity index (χ4v) is 3.66. The summed E-state index contributed by atoms with van der Waals surface area (Å²) >= 11 is 0. The molecule has 2 rings (SSSR count). The van der Waals surface area contributed by atoms with Crippen LogP contribution in [0.4, 0.5) is 5.69 Å². The van der Waals surface area contributed by atoms with Crippen molar-refractivity contribution in [1.29, 1.82) is 0 Å². The number of carbonyl (C=O) groups is 2. The number of hydrogen-bond acceptors (Lipinski definition) is 7. The van der Waals surface area contributed by atoms with E-state index in [-0.39, 0.29) is 10.8 Å². The number of hydrazone groups is 1. The zero-order chi connectivity index (χ0) is 23.0. The van der Waals surface area contributed by atoms with Crippen LogP contribution in [0.25, 0.3) is 0 Å². The minimum absolute atomic E-state index is 0.0125. The number of amides is 2. The van der Waals surface area contributed by atoms with Crippen LogP contribution in [0, 0.1) is 0 Å². The quantitative estimate of drug-likeness (QED) is 0.441. The molecule has 2 aromatic carbocycles. The lowest BCUT2D eigenvalue weighted by Crippen LogP contribution is -2.36. The van der Waals surface area contributed by atoms with E-state index in [9.17, 15) is 18.0 Å². The van der Waals surface area contributed by atoms with Crippen LogP contribution >= 0.6 is 0 Å². The summed E-state index contributed by atoms with van der Waals surface area (Å²) in [5, 5.41) is 6.40. The van der Waals surface area contributed by atoms with Gasteiger partial charge in [-0.2, -0.15) is 9.41 Å². The predicted molar refractivity (Wildman–Crippen MR) is 116 cm³/mol. The lowest BCUT2D eigenvalue weighted by molar-refractivity contribution is -0.121. The summed E-state index contributed by atoms with van der Waals surface area (Å²) in [6, 6.07) is 10.7. The molecule has 0 spiro atoms. The number of hydrogen-bond donors (Lipinski definition) is 2. The van der Waals surface area contributed by atoms with Gasteiger partial charge in [0.25, 0.3) is 5.91 Å². The number of anilines is 1. The third-order valence-corrected chi connectivity index (χ3v) is 5.90. The molecular formula is C20H24N4O6S. The highest BCUT2D eigenvalue weighted by Crippen LogP contribution is 2.22. The smallest absolute Gasteiger partial charge is 0.255 e. The van der Waals surface area contributed by atoms with E-state index in [1.807, 2.05) is 0 Å². The number of nitrogens with one attached hydrogen (secondary N) is 2. The zero-order valence-corrected chi connectivity index (χ0v) is 18.4. The van der Waals surface area contributed by atoms with Gasteiger partial charge < -0.3 is 14.8 Å². The summed E-state index contributed by atoms with van der Waals surface area (Å²) < 4.78 is 36.5. The summed E-state index contributed by atoms with van der Waals surface area (Å²) in [5.74, 6) is 0.223. The van der Waals surface area contributed by atoms with Crippen LogP contribution in [0.1, 0.15) is 12.5 Å². The lowest BCUT2D eigenvalue weighted by atomic mass is 10.2. The molecule has 0 radical (unpaired) electrons. The van der Waals surface area contributed by atoms with Crippen LogP contribution < -0.4 is 20.2 Å². The molecule has 10 nitrogen and oxygen atoms in total. The van der Waals surface area contributed by atoms with E-state index < -0.39 is 22.5 Å². The van der Waals surface area contributed by atoms with Gasteiger partial charge in [0.15, 0.2) is 0 Å². The molecule has 11 heteroatoms. The molecule has 0 aliphatic carbocycles. The van der Waals surface area contributed by atoms with Gasteiger partial charge in [-0.3, -0.25) is 9.59 Å². The number of rotatable bonds is 9. The van der Waals surface area contributed by atoms with Crippen molar-refractivity contribution in [3.63, 3.8) is 0 Å². The van der Waals surface area contributed by atoms with Crippen molar-refractivity contribution in [1.82, 2.24) is 9.73 Å². The molecule has 0 aliphatic rings. The minimum Gasteiger partial charge on any atom is -0.497 e. The van der Waals surface area contributed by atoms with Gasteiger partial charge in [-0.25, -0.2) is 13.8 Å². The van der Waals surface area contributed by atoms with Gasteiger partial charge in [-0.1, -0.05) is 0 Å². The maximum absolute atomic E-state index is 12.6. The third kappa shape index (κ3) is 6.52. The summed E-state index contributed by atoms with van der Waals surface area (Å²) in [6.07, 6.45) is 1.37. The Bertz CT molecular complexity index is 1070. The Morgan fingerprint density at radius 1 is 1.10 bits per heavy atom. The topological polar surface area (TPSA) is 126 Å². The fourth-order valence-electron chi connectivity index (χ4n) is 2.53. The van der Waals surface area contributed by atoms with Crippen LogP contribution in [0.3, 0.4) is 0 Å². The molecule has 0 unspecified atom stereocenters. The zero-order valence-electron chi connectivity index (χ0n) is 17.6. The highest BCUT2D eigenvalue weighted by atomic mass is 32.2. The largest absolute Gasteiger partial charge is 0.497 e. The van der Waals surface area contributed by atoms with E-state index in [0.29, 0.717) is 22.7 Å². The lowest BCUT2D eigenvalue weighted by Gasteiger charge is -2.16. The van der Waals surface area contributed by atoms with Crippen molar-refractivity contribution < 1.29 is 27.5 Å². The molecule has 0 atom stereocenters. The Labute approximate surface area is 180 Å². The van der Waals surface area contributed by atoms with Crippen LogP contribution in [0.15, 0.2) is 52.5 Å². The van der Waals surface area contributed by atoms with E-state index in [4.69, 9.17) is 9.47 Å². The van der Waals surface area contributed by atoms with E-state index >= 15 is 0 Å². The molecule has 0 aromatic heterocycles. The standard InChI is InChI=1S/C20H24N4O6S/c1-14(25)22-16-5-8-18(9-6-16)31(27,28)24(2)13-20(26)23-21-12-15-11-17(29-3)7-10-19(15)30-4/h5-12H,13H2,1-4H3,(H,22,25)(H,23,26)/b21-12+. The highest BCUT2D eigenvalue weighted by molar-refractivity contribution is 7.89. The second-order valence-electron chi connectivity index (χ2n) is 6.37. The number of likely N-dealkylation sites (N-methyl/N-ethyl adjacent to an activating group) is 1. The molecular weight excluding hydrogens is 424 g/mol. The maximum atomic E-state index is 12.6. The SMILES string of the molecule is COc1ccc(OC)c(/C=N/NC(=O)CN(C)S(=O)(=O)c2ccc(NC(C)=O)cc2)c1. The second kappa shape index (κ2) is 10.5. The minimum atomic E-state index is -3.90. The maximum Gasteiger partial charge on any atom is 0.255 e. The van der Waals surface area contributed by atoms with Crippen molar-refractivity contribution in [2.75, 3.05) is 33.1 Å². The van der Waals surface area contributed by atoms with Gasteiger partial charge in [0.2, 0.25) is 15.9 Å².